The first-order valence-electron chi connectivity index (χ1n) is 7.02. The number of esters is 1. The van der Waals surface area contributed by atoms with Crippen molar-refractivity contribution in [3.8, 4) is 11.5 Å². The molecule has 1 heterocycles. The van der Waals surface area contributed by atoms with Crippen LogP contribution >= 0.6 is 11.8 Å². The molecular weight excluding hydrogens is 290 g/mol. The van der Waals surface area contributed by atoms with E-state index in [9.17, 15) is 4.79 Å². The van der Waals surface area contributed by atoms with Crippen LogP contribution in [0.25, 0.3) is 0 Å². The van der Waals surface area contributed by atoms with Gasteiger partial charge in [0.1, 0.15) is 19.3 Å². The molecule has 116 valence electrons. The maximum Gasteiger partial charge on any atom is 0.322 e. The van der Waals surface area contributed by atoms with E-state index in [2.05, 4.69) is 5.32 Å². The normalized spacial score (nSPS) is 14.6. The molecule has 0 aromatic heterocycles. The number of hydrogen-bond donors (Lipinski definition) is 1. The van der Waals surface area contributed by atoms with Crippen LogP contribution in [-0.4, -0.2) is 38.1 Å². The Hall–Kier alpha value is -1.40. The van der Waals surface area contributed by atoms with Gasteiger partial charge in [0, 0.05) is 11.4 Å². The molecule has 0 spiro atoms. The largest absolute Gasteiger partial charge is 0.486 e. The van der Waals surface area contributed by atoms with Gasteiger partial charge in [-0.2, -0.15) is 0 Å². The summed E-state index contributed by atoms with van der Waals surface area (Å²) in [7, 11) is 0. The van der Waals surface area contributed by atoms with E-state index in [1.165, 1.54) is 0 Å². The minimum Gasteiger partial charge on any atom is -0.486 e. The number of nitrogens with one attached hydrogen (secondary N) is 1. The topological polar surface area (TPSA) is 56.8 Å². The summed E-state index contributed by atoms with van der Waals surface area (Å²) in [5.74, 6) is 1.31. The monoisotopic (exact) mass is 311 g/mol. The minimum atomic E-state index is -0.340. The van der Waals surface area contributed by atoms with Gasteiger partial charge in [-0.15, -0.1) is 11.8 Å². The molecule has 1 aliphatic rings. The predicted octanol–water partition coefficient (Wildman–Crippen LogP) is 2.22. The summed E-state index contributed by atoms with van der Waals surface area (Å²) in [6.07, 6.45) is 2.02. The molecule has 6 heteroatoms. The zero-order valence-electron chi connectivity index (χ0n) is 12.6. The summed E-state index contributed by atoms with van der Waals surface area (Å²) in [5.41, 5.74) is 1.09. The Bertz CT molecular complexity index is 507. The van der Waals surface area contributed by atoms with Gasteiger partial charge in [-0.05, 0) is 37.8 Å². The van der Waals surface area contributed by atoms with E-state index in [1.807, 2.05) is 18.4 Å². The SMILES string of the molecule is CCOC(=O)C(C)NCc1cc2c(cc1SC)OCCO2. The van der Waals surface area contributed by atoms with Crippen LogP contribution in [0.15, 0.2) is 17.0 Å². The number of fused-ring (bicyclic) bond motifs is 1. The van der Waals surface area contributed by atoms with Crippen molar-refractivity contribution in [2.45, 2.75) is 31.3 Å². The number of thioether (sulfide) groups is 1. The Morgan fingerprint density at radius 2 is 2.05 bits per heavy atom. The van der Waals surface area contributed by atoms with Gasteiger partial charge in [0.15, 0.2) is 11.5 Å². The van der Waals surface area contributed by atoms with Gasteiger partial charge in [-0.1, -0.05) is 0 Å². The lowest BCUT2D eigenvalue weighted by Crippen LogP contribution is -2.35. The molecule has 1 atom stereocenters. The lowest BCUT2D eigenvalue weighted by Gasteiger charge is -2.21. The van der Waals surface area contributed by atoms with Gasteiger partial charge in [-0.3, -0.25) is 4.79 Å². The number of benzene rings is 1. The van der Waals surface area contributed by atoms with Crippen LogP contribution in [0.3, 0.4) is 0 Å². The molecule has 1 aromatic carbocycles. The van der Waals surface area contributed by atoms with E-state index in [1.54, 1.807) is 25.6 Å². The molecule has 1 aliphatic heterocycles. The number of hydrogen-bond acceptors (Lipinski definition) is 6. The molecular formula is C15H21NO4S. The Kier molecular flexibility index (Phi) is 5.76. The highest BCUT2D eigenvalue weighted by atomic mass is 32.2. The first-order chi connectivity index (χ1) is 10.2. The number of ether oxygens (including phenoxy) is 3. The molecule has 0 saturated carbocycles. The summed E-state index contributed by atoms with van der Waals surface area (Å²) in [6, 6.07) is 3.63. The second kappa shape index (κ2) is 7.56. The van der Waals surface area contributed by atoms with Gasteiger partial charge >= 0.3 is 5.97 Å². The maximum atomic E-state index is 11.6. The molecule has 0 radical (unpaired) electrons. The minimum absolute atomic E-state index is 0.235. The third-order valence-corrected chi connectivity index (χ3v) is 4.00. The zero-order valence-corrected chi connectivity index (χ0v) is 13.4. The first kappa shape index (κ1) is 16.0. The van der Waals surface area contributed by atoms with Gasteiger partial charge in [-0.25, -0.2) is 0 Å². The number of carbonyl (C=O) groups excluding carboxylic acids is 1. The quantitative estimate of drug-likeness (QED) is 0.642. The smallest absolute Gasteiger partial charge is 0.322 e. The van der Waals surface area contributed by atoms with Crippen LogP contribution < -0.4 is 14.8 Å². The van der Waals surface area contributed by atoms with Gasteiger partial charge in [0.25, 0.3) is 0 Å². The van der Waals surface area contributed by atoms with Gasteiger partial charge in [0.05, 0.1) is 6.61 Å². The molecule has 0 saturated heterocycles. The van der Waals surface area contributed by atoms with Crippen molar-refractivity contribution in [1.29, 1.82) is 0 Å². The highest BCUT2D eigenvalue weighted by Gasteiger charge is 2.17. The van der Waals surface area contributed by atoms with Crippen molar-refractivity contribution >= 4 is 17.7 Å². The zero-order chi connectivity index (χ0) is 15.2. The van der Waals surface area contributed by atoms with E-state index in [0.29, 0.717) is 26.4 Å². The molecule has 1 N–H and O–H groups in total. The van der Waals surface area contributed by atoms with Crippen LogP contribution in [0.1, 0.15) is 19.4 Å². The second-order valence-electron chi connectivity index (χ2n) is 4.66. The van der Waals surface area contributed by atoms with Crippen LogP contribution in [0, 0.1) is 0 Å². The van der Waals surface area contributed by atoms with Gasteiger partial charge < -0.3 is 19.5 Å². The highest BCUT2D eigenvalue weighted by Crippen LogP contribution is 2.36. The van der Waals surface area contributed by atoms with Crippen molar-refractivity contribution in [1.82, 2.24) is 5.32 Å². The van der Waals surface area contributed by atoms with Crippen molar-refractivity contribution in [2.24, 2.45) is 0 Å². The second-order valence-corrected chi connectivity index (χ2v) is 5.51. The molecule has 0 bridgehead atoms. The van der Waals surface area contributed by atoms with E-state index < -0.39 is 0 Å². The third-order valence-electron chi connectivity index (χ3n) is 3.18. The highest BCUT2D eigenvalue weighted by molar-refractivity contribution is 7.98. The predicted molar refractivity (Wildman–Crippen MR) is 82.1 cm³/mol. The van der Waals surface area contributed by atoms with Crippen molar-refractivity contribution < 1.29 is 19.0 Å². The fourth-order valence-electron chi connectivity index (χ4n) is 2.05. The summed E-state index contributed by atoms with van der Waals surface area (Å²) >= 11 is 1.65. The van der Waals surface area contributed by atoms with E-state index in [0.717, 1.165) is 22.0 Å². The molecule has 1 unspecified atom stereocenters. The molecule has 5 nitrogen and oxygen atoms in total. The van der Waals surface area contributed by atoms with Crippen LogP contribution in [0.5, 0.6) is 11.5 Å². The lowest BCUT2D eigenvalue weighted by atomic mass is 10.1. The third kappa shape index (κ3) is 4.04. The number of carbonyl (C=O) groups is 1. The fraction of sp³-hybridized carbons (Fsp3) is 0.533. The standard InChI is InChI=1S/C15H21NO4S/c1-4-18-15(17)10(2)16-9-11-7-12-13(8-14(11)21-3)20-6-5-19-12/h7-8,10,16H,4-6,9H2,1-3H3. The summed E-state index contributed by atoms with van der Waals surface area (Å²) in [4.78, 5) is 12.7. The average molecular weight is 311 g/mol. The summed E-state index contributed by atoms with van der Waals surface area (Å²) in [5, 5.41) is 3.18. The number of rotatable bonds is 6. The Morgan fingerprint density at radius 3 is 2.67 bits per heavy atom. The summed E-state index contributed by atoms with van der Waals surface area (Å²) < 4.78 is 16.2. The first-order valence-corrected chi connectivity index (χ1v) is 8.24. The van der Waals surface area contributed by atoms with Crippen molar-refractivity contribution in [2.75, 3.05) is 26.1 Å². The average Bonchev–Trinajstić information content (AvgIpc) is 2.51. The maximum absolute atomic E-state index is 11.6. The molecule has 0 amide bonds. The van der Waals surface area contributed by atoms with E-state index in [-0.39, 0.29) is 12.0 Å². The van der Waals surface area contributed by atoms with E-state index >= 15 is 0 Å². The molecule has 0 aliphatic carbocycles. The molecule has 2 rings (SSSR count). The van der Waals surface area contributed by atoms with Crippen LogP contribution in [0.2, 0.25) is 0 Å². The fourth-order valence-corrected chi connectivity index (χ4v) is 2.67. The lowest BCUT2D eigenvalue weighted by molar-refractivity contribution is -0.145. The van der Waals surface area contributed by atoms with Crippen LogP contribution in [-0.2, 0) is 16.1 Å². The Balaban J connectivity index is 2.06. The van der Waals surface area contributed by atoms with Crippen molar-refractivity contribution in [3.63, 3.8) is 0 Å². The Labute approximate surface area is 129 Å². The Morgan fingerprint density at radius 1 is 1.38 bits per heavy atom. The van der Waals surface area contributed by atoms with Gasteiger partial charge in [0.2, 0.25) is 0 Å². The molecule has 1 aromatic rings. The molecule has 0 fully saturated rings. The van der Waals surface area contributed by atoms with Crippen molar-refractivity contribution in [3.05, 3.63) is 17.7 Å². The van der Waals surface area contributed by atoms with Crippen LogP contribution in [0.4, 0.5) is 0 Å². The summed E-state index contributed by atoms with van der Waals surface area (Å²) in [6.45, 7) is 5.72. The van der Waals surface area contributed by atoms with E-state index in [4.69, 9.17) is 14.2 Å². The molecule has 21 heavy (non-hydrogen) atoms.